The van der Waals surface area contributed by atoms with Crippen molar-refractivity contribution < 1.29 is 14.7 Å². The minimum absolute atomic E-state index is 0.142. The highest BCUT2D eigenvalue weighted by Gasteiger charge is 2.27. The van der Waals surface area contributed by atoms with Crippen molar-refractivity contribution in [3.63, 3.8) is 0 Å². The normalized spacial score (nSPS) is 19.8. The zero-order valence-electron chi connectivity index (χ0n) is 10.7. The smallest absolute Gasteiger partial charge is 0.308 e. The van der Waals surface area contributed by atoms with Crippen molar-refractivity contribution in [2.24, 2.45) is 5.92 Å². The predicted molar refractivity (Wildman–Crippen MR) is 72.8 cm³/mol. The second-order valence-electron chi connectivity index (χ2n) is 4.59. The van der Waals surface area contributed by atoms with E-state index >= 15 is 0 Å². The lowest BCUT2D eigenvalue weighted by molar-refractivity contribution is -0.144. The molecule has 5 nitrogen and oxygen atoms in total. The molecule has 1 amide bonds. The van der Waals surface area contributed by atoms with Crippen LogP contribution in [0.1, 0.15) is 23.5 Å². The van der Waals surface area contributed by atoms with Gasteiger partial charge in [-0.05, 0) is 25.8 Å². The molecule has 2 heterocycles. The van der Waals surface area contributed by atoms with Gasteiger partial charge in [0, 0.05) is 24.5 Å². The number of hydrogen-bond acceptors (Lipinski definition) is 4. The lowest BCUT2D eigenvalue weighted by Crippen LogP contribution is -2.41. The number of carbonyl (C=O) groups is 2. The van der Waals surface area contributed by atoms with Crippen LogP contribution >= 0.6 is 11.3 Å². The summed E-state index contributed by atoms with van der Waals surface area (Å²) in [7, 11) is 0. The van der Waals surface area contributed by atoms with E-state index in [2.05, 4.69) is 4.98 Å². The Bertz CT molecular complexity index is 510. The maximum absolute atomic E-state index is 12.0. The SMILES string of the molecule is Cc1nc(/C=C/C(=O)N2CCC[C@H](C(=O)O)C2)cs1. The second-order valence-corrected chi connectivity index (χ2v) is 5.65. The Balaban J connectivity index is 1.96. The lowest BCUT2D eigenvalue weighted by atomic mass is 9.98. The number of carboxylic acid groups (broad SMARTS) is 1. The number of aryl methyl sites for hydroxylation is 1. The fraction of sp³-hybridized carbons (Fsp3) is 0.462. The number of hydrogen-bond donors (Lipinski definition) is 1. The third-order valence-corrected chi connectivity index (χ3v) is 3.91. The summed E-state index contributed by atoms with van der Waals surface area (Å²) in [5.41, 5.74) is 0.766. The van der Waals surface area contributed by atoms with Crippen molar-refractivity contribution in [1.82, 2.24) is 9.88 Å². The third-order valence-electron chi connectivity index (χ3n) is 3.12. The molecule has 1 fully saturated rings. The predicted octanol–water partition coefficient (Wildman–Crippen LogP) is 1.79. The third kappa shape index (κ3) is 3.64. The highest BCUT2D eigenvalue weighted by molar-refractivity contribution is 7.09. The van der Waals surface area contributed by atoms with Gasteiger partial charge in [0.15, 0.2) is 0 Å². The Labute approximate surface area is 115 Å². The number of piperidine rings is 1. The molecule has 102 valence electrons. The molecule has 0 spiro atoms. The van der Waals surface area contributed by atoms with Gasteiger partial charge in [-0.1, -0.05) is 0 Å². The van der Waals surface area contributed by atoms with E-state index in [1.807, 2.05) is 12.3 Å². The van der Waals surface area contributed by atoms with Crippen molar-refractivity contribution in [3.05, 3.63) is 22.2 Å². The number of carboxylic acids is 1. The molecule has 1 aliphatic heterocycles. The fourth-order valence-electron chi connectivity index (χ4n) is 2.10. The number of likely N-dealkylation sites (tertiary alicyclic amines) is 1. The van der Waals surface area contributed by atoms with Crippen LogP contribution in [0.2, 0.25) is 0 Å². The first kappa shape index (κ1) is 13.7. The van der Waals surface area contributed by atoms with Crippen LogP contribution in [0.3, 0.4) is 0 Å². The summed E-state index contributed by atoms with van der Waals surface area (Å²) < 4.78 is 0. The van der Waals surface area contributed by atoms with Crippen molar-refractivity contribution in [3.8, 4) is 0 Å². The first-order chi connectivity index (χ1) is 9.06. The van der Waals surface area contributed by atoms with Gasteiger partial charge >= 0.3 is 5.97 Å². The molecule has 1 saturated heterocycles. The van der Waals surface area contributed by atoms with Gasteiger partial charge < -0.3 is 10.0 Å². The Kier molecular flexibility index (Phi) is 4.31. The maximum atomic E-state index is 12.0. The maximum Gasteiger partial charge on any atom is 0.308 e. The van der Waals surface area contributed by atoms with Gasteiger partial charge in [-0.3, -0.25) is 9.59 Å². The van der Waals surface area contributed by atoms with Gasteiger partial charge in [-0.2, -0.15) is 0 Å². The standard InChI is InChI=1S/C13H16N2O3S/c1-9-14-11(8-19-9)4-5-12(16)15-6-2-3-10(7-15)13(17)18/h4-5,8,10H,2-3,6-7H2,1H3,(H,17,18)/b5-4+/t10-/m0/s1. The summed E-state index contributed by atoms with van der Waals surface area (Å²) in [6, 6.07) is 0. The molecule has 0 aliphatic carbocycles. The highest BCUT2D eigenvalue weighted by Crippen LogP contribution is 2.17. The Morgan fingerprint density at radius 2 is 2.37 bits per heavy atom. The number of aliphatic carboxylic acids is 1. The van der Waals surface area contributed by atoms with E-state index in [4.69, 9.17) is 5.11 Å². The molecule has 0 radical (unpaired) electrons. The molecule has 1 atom stereocenters. The van der Waals surface area contributed by atoms with Crippen LogP contribution in [0, 0.1) is 12.8 Å². The molecule has 1 aromatic heterocycles. The lowest BCUT2D eigenvalue weighted by Gasteiger charge is -2.29. The molecule has 19 heavy (non-hydrogen) atoms. The fourth-order valence-corrected chi connectivity index (χ4v) is 2.68. The van der Waals surface area contributed by atoms with Gasteiger partial charge in [0.05, 0.1) is 16.6 Å². The van der Waals surface area contributed by atoms with E-state index in [1.54, 1.807) is 11.0 Å². The average Bonchev–Trinajstić information content (AvgIpc) is 2.82. The largest absolute Gasteiger partial charge is 0.481 e. The average molecular weight is 280 g/mol. The van der Waals surface area contributed by atoms with Crippen LogP contribution in [0.4, 0.5) is 0 Å². The second kappa shape index (κ2) is 5.97. The monoisotopic (exact) mass is 280 g/mol. The Hall–Kier alpha value is -1.69. The van der Waals surface area contributed by atoms with Crippen molar-refractivity contribution in [2.45, 2.75) is 19.8 Å². The molecule has 0 unspecified atom stereocenters. The summed E-state index contributed by atoms with van der Waals surface area (Å²) in [6.07, 6.45) is 4.54. The number of amides is 1. The molecule has 1 aromatic rings. The number of nitrogens with zero attached hydrogens (tertiary/aromatic N) is 2. The van der Waals surface area contributed by atoms with E-state index in [0.717, 1.165) is 17.1 Å². The van der Waals surface area contributed by atoms with Gasteiger partial charge in [0.1, 0.15) is 0 Å². The van der Waals surface area contributed by atoms with E-state index < -0.39 is 11.9 Å². The molecule has 6 heteroatoms. The number of rotatable bonds is 3. The molecular weight excluding hydrogens is 264 g/mol. The number of carbonyl (C=O) groups excluding carboxylic acids is 1. The van der Waals surface area contributed by atoms with Gasteiger partial charge in [0.2, 0.25) is 5.91 Å². The molecule has 0 aromatic carbocycles. The summed E-state index contributed by atoms with van der Waals surface area (Å²) in [5, 5.41) is 11.8. The highest BCUT2D eigenvalue weighted by atomic mass is 32.1. The summed E-state index contributed by atoms with van der Waals surface area (Å²) in [6.45, 7) is 2.84. The minimum Gasteiger partial charge on any atom is -0.481 e. The summed E-state index contributed by atoms with van der Waals surface area (Å²) in [4.78, 5) is 28.7. The quantitative estimate of drug-likeness (QED) is 0.857. The number of thiazole rings is 1. The molecule has 1 N–H and O–H groups in total. The van der Waals surface area contributed by atoms with Crippen LogP contribution in [0.25, 0.3) is 6.08 Å². The first-order valence-corrected chi connectivity index (χ1v) is 7.06. The molecule has 0 bridgehead atoms. The topological polar surface area (TPSA) is 70.5 Å². The van der Waals surface area contributed by atoms with Gasteiger partial charge in [-0.25, -0.2) is 4.98 Å². The zero-order chi connectivity index (χ0) is 13.8. The van der Waals surface area contributed by atoms with Crippen LogP contribution < -0.4 is 0 Å². The van der Waals surface area contributed by atoms with Crippen molar-refractivity contribution in [2.75, 3.05) is 13.1 Å². The van der Waals surface area contributed by atoms with Crippen LogP contribution in [-0.4, -0.2) is 40.0 Å². The van der Waals surface area contributed by atoms with Gasteiger partial charge in [0.25, 0.3) is 0 Å². The van der Waals surface area contributed by atoms with E-state index in [1.165, 1.54) is 17.4 Å². The molecule has 0 saturated carbocycles. The Morgan fingerprint density at radius 1 is 1.58 bits per heavy atom. The molecule has 2 rings (SSSR count). The van der Waals surface area contributed by atoms with Crippen LogP contribution in [-0.2, 0) is 9.59 Å². The van der Waals surface area contributed by atoms with Crippen molar-refractivity contribution in [1.29, 1.82) is 0 Å². The van der Waals surface area contributed by atoms with E-state index in [0.29, 0.717) is 19.5 Å². The molecular formula is C13H16N2O3S. The van der Waals surface area contributed by atoms with Crippen LogP contribution in [0.15, 0.2) is 11.5 Å². The van der Waals surface area contributed by atoms with Crippen molar-refractivity contribution >= 4 is 29.3 Å². The summed E-state index contributed by atoms with van der Waals surface area (Å²) in [5.74, 6) is -1.40. The zero-order valence-corrected chi connectivity index (χ0v) is 11.5. The molecule has 1 aliphatic rings. The van der Waals surface area contributed by atoms with Crippen LogP contribution in [0.5, 0.6) is 0 Å². The number of aromatic nitrogens is 1. The van der Waals surface area contributed by atoms with E-state index in [9.17, 15) is 9.59 Å². The van der Waals surface area contributed by atoms with Gasteiger partial charge in [-0.15, -0.1) is 11.3 Å². The minimum atomic E-state index is -0.823. The van der Waals surface area contributed by atoms with E-state index in [-0.39, 0.29) is 5.91 Å². The first-order valence-electron chi connectivity index (χ1n) is 6.18. The Morgan fingerprint density at radius 3 is 3.00 bits per heavy atom. The summed E-state index contributed by atoms with van der Waals surface area (Å²) >= 11 is 1.53.